The van der Waals surface area contributed by atoms with E-state index >= 15 is 0 Å². The number of aryl methyl sites for hydroxylation is 1. The largest absolute Gasteiger partial charge is 0.417 e. The second kappa shape index (κ2) is 4.57. The van der Waals surface area contributed by atoms with Gasteiger partial charge in [0.05, 0.1) is 11.1 Å². The van der Waals surface area contributed by atoms with Crippen molar-refractivity contribution in [1.82, 2.24) is 4.57 Å². The Hall–Kier alpha value is -1.92. The monoisotopic (exact) mass is 293 g/mol. The molecule has 0 aliphatic heterocycles. The van der Waals surface area contributed by atoms with E-state index in [-0.39, 0.29) is 5.69 Å². The van der Waals surface area contributed by atoms with Gasteiger partial charge in [-0.1, -0.05) is 0 Å². The van der Waals surface area contributed by atoms with Crippen LogP contribution in [0.3, 0.4) is 0 Å². The minimum atomic E-state index is -4.72. The Morgan fingerprint density at radius 1 is 0.900 bits per heavy atom. The summed E-state index contributed by atoms with van der Waals surface area (Å²) in [6, 6.07) is 4.24. The minimum Gasteiger partial charge on any atom is -0.351 e. The number of benzene rings is 1. The van der Waals surface area contributed by atoms with Crippen LogP contribution in [0.1, 0.15) is 11.1 Å². The normalized spacial score (nSPS) is 12.8. The van der Waals surface area contributed by atoms with Crippen molar-refractivity contribution in [2.45, 2.75) is 12.4 Å². The van der Waals surface area contributed by atoms with Gasteiger partial charge >= 0.3 is 12.4 Å². The lowest BCUT2D eigenvalue weighted by molar-refractivity contribution is -0.141. The zero-order chi connectivity index (χ0) is 15.1. The van der Waals surface area contributed by atoms with Crippen molar-refractivity contribution in [3.8, 4) is 11.3 Å². The second-order valence-electron chi connectivity index (χ2n) is 4.26. The predicted molar refractivity (Wildman–Crippen MR) is 60.9 cm³/mol. The van der Waals surface area contributed by atoms with E-state index in [9.17, 15) is 26.3 Å². The third kappa shape index (κ3) is 2.66. The third-order valence-electron chi connectivity index (χ3n) is 2.87. The standard InChI is InChI=1S/C13H9F6N/c1-20-6-2-3-11(20)9-7-8(12(14,15)16)4-5-10(9)13(17,18)19/h2-7H,1H3. The van der Waals surface area contributed by atoms with Crippen molar-refractivity contribution in [2.75, 3.05) is 0 Å². The first-order chi connectivity index (χ1) is 9.10. The van der Waals surface area contributed by atoms with E-state index in [1.54, 1.807) is 0 Å². The average Bonchev–Trinajstić information content (AvgIpc) is 2.72. The van der Waals surface area contributed by atoms with E-state index in [1.807, 2.05) is 0 Å². The first-order valence-corrected chi connectivity index (χ1v) is 5.51. The van der Waals surface area contributed by atoms with Crippen molar-refractivity contribution in [1.29, 1.82) is 0 Å². The molecule has 0 spiro atoms. The van der Waals surface area contributed by atoms with E-state index in [4.69, 9.17) is 0 Å². The molecule has 0 saturated carbocycles. The number of nitrogens with zero attached hydrogens (tertiary/aromatic N) is 1. The third-order valence-corrected chi connectivity index (χ3v) is 2.87. The van der Waals surface area contributed by atoms with Gasteiger partial charge in [-0.3, -0.25) is 0 Å². The molecule has 0 N–H and O–H groups in total. The summed E-state index contributed by atoms with van der Waals surface area (Å²) >= 11 is 0. The Labute approximate surface area is 110 Å². The molecule has 0 aliphatic rings. The summed E-state index contributed by atoms with van der Waals surface area (Å²) in [7, 11) is 1.47. The summed E-state index contributed by atoms with van der Waals surface area (Å²) < 4.78 is 78.0. The molecule has 1 aromatic heterocycles. The minimum absolute atomic E-state index is 0.0726. The predicted octanol–water partition coefficient (Wildman–Crippen LogP) is 4.73. The lowest BCUT2D eigenvalue weighted by atomic mass is 10.0. The van der Waals surface area contributed by atoms with Gasteiger partial charge in [0.2, 0.25) is 0 Å². The van der Waals surface area contributed by atoms with Crippen LogP contribution < -0.4 is 0 Å². The van der Waals surface area contributed by atoms with Gasteiger partial charge in [0.15, 0.2) is 0 Å². The van der Waals surface area contributed by atoms with E-state index in [2.05, 4.69) is 0 Å². The smallest absolute Gasteiger partial charge is 0.351 e. The zero-order valence-corrected chi connectivity index (χ0v) is 10.2. The van der Waals surface area contributed by atoms with Gasteiger partial charge in [0.1, 0.15) is 0 Å². The highest BCUT2D eigenvalue weighted by Crippen LogP contribution is 2.40. The maximum absolute atomic E-state index is 12.9. The van der Waals surface area contributed by atoms with E-state index in [0.717, 1.165) is 0 Å². The molecule has 0 amide bonds. The Balaban J connectivity index is 2.70. The summed E-state index contributed by atoms with van der Waals surface area (Å²) in [4.78, 5) is 0. The maximum Gasteiger partial charge on any atom is 0.417 e. The first kappa shape index (κ1) is 14.5. The van der Waals surface area contributed by atoms with Gasteiger partial charge in [-0.05, 0) is 30.3 Å². The Bertz CT molecular complexity index is 621. The highest BCUT2D eigenvalue weighted by molar-refractivity contribution is 5.66. The molecule has 0 atom stereocenters. The molecule has 7 heteroatoms. The van der Waals surface area contributed by atoms with Gasteiger partial charge in [0, 0.05) is 24.5 Å². The lowest BCUT2D eigenvalue weighted by Crippen LogP contribution is -2.11. The van der Waals surface area contributed by atoms with Crippen LogP contribution in [0.15, 0.2) is 36.5 Å². The fourth-order valence-corrected chi connectivity index (χ4v) is 1.92. The van der Waals surface area contributed by atoms with Crippen LogP contribution in [-0.2, 0) is 19.4 Å². The number of halogens is 6. The Morgan fingerprint density at radius 2 is 1.55 bits per heavy atom. The van der Waals surface area contributed by atoms with Gasteiger partial charge in [0.25, 0.3) is 0 Å². The summed E-state index contributed by atoms with van der Waals surface area (Å²) in [5, 5.41) is 0. The molecule has 0 radical (unpaired) electrons. The first-order valence-electron chi connectivity index (χ1n) is 5.51. The molecule has 1 nitrogen and oxygen atoms in total. The van der Waals surface area contributed by atoms with Crippen LogP contribution in [0.4, 0.5) is 26.3 Å². The number of hydrogen-bond donors (Lipinski definition) is 0. The summed E-state index contributed by atoms with van der Waals surface area (Å²) in [6.07, 6.45) is -7.94. The quantitative estimate of drug-likeness (QED) is 0.670. The molecular weight excluding hydrogens is 284 g/mol. The number of hydrogen-bond acceptors (Lipinski definition) is 0. The molecule has 1 aromatic carbocycles. The lowest BCUT2D eigenvalue weighted by Gasteiger charge is -2.16. The van der Waals surface area contributed by atoms with Crippen molar-refractivity contribution >= 4 is 0 Å². The van der Waals surface area contributed by atoms with Crippen LogP contribution in [0.5, 0.6) is 0 Å². The SMILES string of the molecule is Cn1cccc1-c1cc(C(F)(F)F)ccc1C(F)(F)F. The summed E-state index contributed by atoms with van der Waals surface area (Å²) in [5.41, 5.74) is -2.61. The molecule has 2 rings (SSSR count). The molecular formula is C13H9F6N. The van der Waals surface area contributed by atoms with Gasteiger partial charge in [-0.15, -0.1) is 0 Å². The van der Waals surface area contributed by atoms with Crippen LogP contribution in [-0.4, -0.2) is 4.57 Å². The van der Waals surface area contributed by atoms with Gasteiger partial charge in [-0.2, -0.15) is 26.3 Å². The second-order valence-corrected chi connectivity index (χ2v) is 4.26. The molecule has 2 aromatic rings. The zero-order valence-electron chi connectivity index (χ0n) is 10.2. The van der Waals surface area contributed by atoms with E-state index < -0.39 is 29.0 Å². The van der Waals surface area contributed by atoms with Crippen molar-refractivity contribution < 1.29 is 26.3 Å². The number of alkyl halides is 6. The molecule has 0 aliphatic carbocycles. The van der Waals surface area contributed by atoms with Crippen molar-refractivity contribution in [3.63, 3.8) is 0 Å². The maximum atomic E-state index is 12.9. The fraction of sp³-hybridized carbons (Fsp3) is 0.231. The number of aromatic nitrogens is 1. The van der Waals surface area contributed by atoms with E-state index in [0.29, 0.717) is 18.2 Å². The molecule has 0 bridgehead atoms. The van der Waals surface area contributed by atoms with Crippen LogP contribution in [0.2, 0.25) is 0 Å². The number of rotatable bonds is 1. The van der Waals surface area contributed by atoms with Crippen LogP contribution >= 0.6 is 0 Å². The van der Waals surface area contributed by atoms with Crippen molar-refractivity contribution in [2.24, 2.45) is 7.05 Å². The highest BCUT2D eigenvalue weighted by atomic mass is 19.4. The van der Waals surface area contributed by atoms with E-state index in [1.165, 1.54) is 29.9 Å². The Kier molecular flexibility index (Phi) is 3.31. The van der Waals surface area contributed by atoms with Crippen LogP contribution in [0, 0.1) is 0 Å². The topological polar surface area (TPSA) is 4.93 Å². The highest BCUT2D eigenvalue weighted by Gasteiger charge is 2.37. The molecule has 1 heterocycles. The Morgan fingerprint density at radius 3 is 2.00 bits per heavy atom. The molecule has 0 unspecified atom stereocenters. The van der Waals surface area contributed by atoms with Gasteiger partial charge in [-0.25, -0.2) is 0 Å². The molecule has 0 saturated heterocycles. The summed E-state index contributed by atoms with van der Waals surface area (Å²) in [5.74, 6) is 0. The average molecular weight is 293 g/mol. The van der Waals surface area contributed by atoms with Crippen molar-refractivity contribution in [3.05, 3.63) is 47.7 Å². The molecule has 108 valence electrons. The van der Waals surface area contributed by atoms with Gasteiger partial charge < -0.3 is 4.57 Å². The molecule has 20 heavy (non-hydrogen) atoms. The summed E-state index contributed by atoms with van der Waals surface area (Å²) in [6.45, 7) is 0. The fourth-order valence-electron chi connectivity index (χ4n) is 1.92. The molecule has 0 fully saturated rings. The van der Waals surface area contributed by atoms with Crippen LogP contribution in [0.25, 0.3) is 11.3 Å².